The summed E-state index contributed by atoms with van der Waals surface area (Å²) in [6.07, 6.45) is 6.19. The number of piperidine rings is 1. The highest BCUT2D eigenvalue weighted by Crippen LogP contribution is 2.50. The van der Waals surface area contributed by atoms with Gasteiger partial charge in [0.1, 0.15) is 11.9 Å². The molecule has 3 atom stereocenters. The van der Waals surface area contributed by atoms with Gasteiger partial charge in [0.2, 0.25) is 0 Å². The van der Waals surface area contributed by atoms with Crippen LogP contribution < -0.4 is 4.74 Å². The molecule has 0 amide bonds. The molecule has 1 unspecified atom stereocenters. The lowest BCUT2D eigenvalue weighted by molar-refractivity contribution is -0.0252. The van der Waals surface area contributed by atoms with Crippen molar-refractivity contribution in [3.8, 4) is 27.2 Å². The van der Waals surface area contributed by atoms with Gasteiger partial charge in [0.25, 0.3) is 5.19 Å². The van der Waals surface area contributed by atoms with Gasteiger partial charge in [0.15, 0.2) is 5.01 Å². The molecule has 2 aliphatic heterocycles. The molecule has 2 fully saturated rings. The Hall–Kier alpha value is -2.52. The molecule has 158 valence electrons. The van der Waals surface area contributed by atoms with Gasteiger partial charge in [-0.1, -0.05) is 16.4 Å². The van der Waals surface area contributed by atoms with Crippen LogP contribution >= 0.6 is 11.3 Å². The lowest BCUT2D eigenvalue weighted by Gasteiger charge is -2.48. The standard InChI is InChI=1S/C21H26N6O2S/c1-13-12-22-27(25-13)14-5-6-16(17(28)9-14)18-23-24-19(30-18)29-15-10-20(2)7-8-21(3,11-15)26(20)4/h5-6,9,12,15,28H,7-8,10-11H2,1-4H3/t15?,20-,21+. The van der Waals surface area contributed by atoms with Crippen LogP contribution in [0.2, 0.25) is 0 Å². The van der Waals surface area contributed by atoms with E-state index in [9.17, 15) is 5.11 Å². The molecule has 8 nitrogen and oxygen atoms in total. The molecule has 4 heterocycles. The largest absolute Gasteiger partial charge is 0.507 e. The molecule has 2 aromatic heterocycles. The van der Waals surface area contributed by atoms with Crippen LogP contribution in [0.4, 0.5) is 0 Å². The minimum absolute atomic E-state index is 0.113. The molecular weight excluding hydrogens is 400 g/mol. The van der Waals surface area contributed by atoms with Gasteiger partial charge in [-0.05, 0) is 52.8 Å². The van der Waals surface area contributed by atoms with Crippen LogP contribution in [0.15, 0.2) is 24.4 Å². The Balaban J connectivity index is 1.34. The first-order valence-electron chi connectivity index (χ1n) is 10.2. The molecule has 2 aliphatic rings. The van der Waals surface area contributed by atoms with Crippen molar-refractivity contribution >= 4 is 11.3 Å². The number of aromatic hydroxyl groups is 1. The molecule has 0 spiro atoms. The Labute approximate surface area is 179 Å². The SMILES string of the molecule is Cc1cnn(-c2ccc(-c3nnc(OC4C[C@]5(C)CC[C@](C)(C4)N5C)s3)c(O)c2)n1. The normalized spacial score (nSPS) is 28.7. The van der Waals surface area contributed by atoms with Crippen LogP contribution in [0.25, 0.3) is 16.3 Å². The van der Waals surface area contributed by atoms with Gasteiger partial charge >= 0.3 is 0 Å². The summed E-state index contributed by atoms with van der Waals surface area (Å²) in [6, 6.07) is 5.30. The number of ether oxygens (including phenoxy) is 1. The minimum Gasteiger partial charge on any atom is -0.507 e. The molecule has 30 heavy (non-hydrogen) atoms. The second-order valence-corrected chi connectivity index (χ2v) is 9.99. The number of hydrogen-bond acceptors (Lipinski definition) is 8. The van der Waals surface area contributed by atoms with Crippen molar-refractivity contribution in [1.82, 2.24) is 30.1 Å². The average Bonchev–Trinajstić information content (AvgIpc) is 3.36. The first-order chi connectivity index (χ1) is 14.3. The number of phenols is 1. The van der Waals surface area contributed by atoms with E-state index in [4.69, 9.17) is 4.74 Å². The Bertz CT molecular complexity index is 1080. The van der Waals surface area contributed by atoms with Crippen LogP contribution in [0, 0.1) is 6.92 Å². The van der Waals surface area contributed by atoms with Crippen molar-refractivity contribution in [2.24, 2.45) is 0 Å². The molecule has 1 aromatic carbocycles. The van der Waals surface area contributed by atoms with Gasteiger partial charge in [0.05, 0.1) is 23.1 Å². The van der Waals surface area contributed by atoms with Crippen LogP contribution in [0.3, 0.4) is 0 Å². The number of aryl methyl sites for hydroxylation is 1. The molecule has 2 saturated heterocycles. The number of fused-ring (bicyclic) bond motifs is 2. The number of aromatic nitrogens is 5. The summed E-state index contributed by atoms with van der Waals surface area (Å²) in [5.41, 5.74) is 2.48. The molecule has 2 bridgehead atoms. The van der Waals surface area contributed by atoms with Crippen molar-refractivity contribution in [2.45, 2.75) is 63.6 Å². The van der Waals surface area contributed by atoms with Crippen molar-refractivity contribution < 1.29 is 9.84 Å². The zero-order valence-electron chi connectivity index (χ0n) is 17.7. The first-order valence-corrected chi connectivity index (χ1v) is 11.0. The first kappa shape index (κ1) is 19.4. The van der Waals surface area contributed by atoms with Gasteiger partial charge < -0.3 is 9.84 Å². The lowest BCUT2D eigenvalue weighted by atomic mass is 9.84. The summed E-state index contributed by atoms with van der Waals surface area (Å²) in [4.78, 5) is 4.02. The van der Waals surface area contributed by atoms with Crippen molar-refractivity contribution in [3.63, 3.8) is 0 Å². The Kier molecular flexibility index (Phi) is 4.37. The molecule has 5 rings (SSSR count). The summed E-state index contributed by atoms with van der Waals surface area (Å²) in [5.74, 6) is 0.113. The van der Waals surface area contributed by atoms with E-state index in [0.717, 1.165) is 18.5 Å². The third kappa shape index (κ3) is 3.16. The fourth-order valence-electron chi connectivity index (χ4n) is 4.94. The Morgan fingerprint density at radius 2 is 1.90 bits per heavy atom. The highest BCUT2D eigenvalue weighted by Gasteiger charge is 2.54. The van der Waals surface area contributed by atoms with E-state index < -0.39 is 0 Å². The minimum atomic E-state index is 0.113. The van der Waals surface area contributed by atoms with Crippen molar-refractivity contribution in [3.05, 3.63) is 30.1 Å². The van der Waals surface area contributed by atoms with E-state index in [0.29, 0.717) is 21.5 Å². The zero-order chi connectivity index (χ0) is 21.1. The molecule has 0 saturated carbocycles. The highest BCUT2D eigenvalue weighted by molar-refractivity contribution is 7.16. The third-order valence-electron chi connectivity index (χ3n) is 6.88. The number of phenolic OH excluding ortho intramolecular Hbond substituents is 1. The van der Waals surface area contributed by atoms with Crippen LogP contribution in [0.1, 0.15) is 45.2 Å². The lowest BCUT2D eigenvalue weighted by Crippen LogP contribution is -2.57. The predicted molar refractivity (Wildman–Crippen MR) is 114 cm³/mol. The summed E-state index contributed by atoms with van der Waals surface area (Å²) < 4.78 is 6.27. The third-order valence-corrected chi connectivity index (χ3v) is 7.73. The van der Waals surface area contributed by atoms with E-state index in [1.54, 1.807) is 12.3 Å². The zero-order valence-corrected chi connectivity index (χ0v) is 18.5. The second kappa shape index (κ2) is 6.75. The summed E-state index contributed by atoms with van der Waals surface area (Å²) in [7, 11) is 2.23. The topological polar surface area (TPSA) is 89.2 Å². The van der Waals surface area contributed by atoms with Crippen LogP contribution in [0.5, 0.6) is 10.9 Å². The summed E-state index contributed by atoms with van der Waals surface area (Å²) in [6.45, 7) is 6.53. The number of rotatable bonds is 4. The van der Waals surface area contributed by atoms with Crippen LogP contribution in [-0.4, -0.2) is 59.4 Å². The van der Waals surface area contributed by atoms with Gasteiger partial charge in [0, 0.05) is 30.0 Å². The predicted octanol–water partition coefficient (Wildman–Crippen LogP) is 3.58. The van der Waals surface area contributed by atoms with Crippen LogP contribution in [-0.2, 0) is 0 Å². The summed E-state index contributed by atoms with van der Waals surface area (Å²) in [5, 5.41) is 28.7. The van der Waals surface area contributed by atoms with Gasteiger partial charge in [-0.3, -0.25) is 4.90 Å². The quantitative estimate of drug-likeness (QED) is 0.682. The molecule has 9 heteroatoms. The van der Waals surface area contributed by atoms with E-state index in [-0.39, 0.29) is 22.9 Å². The smallest absolute Gasteiger partial charge is 0.294 e. The van der Waals surface area contributed by atoms with Crippen molar-refractivity contribution in [1.29, 1.82) is 0 Å². The van der Waals surface area contributed by atoms with Gasteiger partial charge in [-0.15, -0.1) is 5.10 Å². The second-order valence-electron chi connectivity index (χ2n) is 9.05. The van der Waals surface area contributed by atoms with E-state index >= 15 is 0 Å². The van der Waals surface area contributed by atoms with E-state index in [2.05, 4.69) is 46.2 Å². The molecule has 0 aliphatic carbocycles. The van der Waals surface area contributed by atoms with Gasteiger partial charge in [-0.2, -0.15) is 15.0 Å². The van der Waals surface area contributed by atoms with E-state index in [1.165, 1.54) is 29.0 Å². The maximum Gasteiger partial charge on any atom is 0.294 e. The average molecular weight is 427 g/mol. The Morgan fingerprint density at radius 3 is 2.53 bits per heavy atom. The maximum absolute atomic E-state index is 10.5. The molecule has 3 aromatic rings. The van der Waals surface area contributed by atoms with E-state index in [1.807, 2.05) is 19.1 Å². The Morgan fingerprint density at radius 1 is 1.17 bits per heavy atom. The fourth-order valence-corrected chi connectivity index (χ4v) is 5.73. The monoisotopic (exact) mass is 426 g/mol. The highest BCUT2D eigenvalue weighted by atomic mass is 32.1. The number of nitrogens with zero attached hydrogens (tertiary/aromatic N) is 6. The summed E-state index contributed by atoms with van der Waals surface area (Å²) >= 11 is 1.36. The number of benzene rings is 1. The molecule has 0 radical (unpaired) electrons. The van der Waals surface area contributed by atoms with Gasteiger partial charge in [-0.25, -0.2) is 0 Å². The molecule has 1 N–H and O–H groups in total. The maximum atomic E-state index is 10.5. The fraction of sp³-hybridized carbons (Fsp3) is 0.524. The molecular formula is C21H26N6O2S. The number of hydrogen-bond donors (Lipinski definition) is 1. The van der Waals surface area contributed by atoms with Crippen molar-refractivity contribution in [2.75, 3.05) is 7.05 Å².